The highest BCUT2D eigenvalue weighted by molar-refractivity contribution is 7.85. The van der Waals surface area contributed by atoms with Crippen LogP contribution in [0.25, 0.3) is 0 Å². The van der Waals surface area contributed by atoms with Crippen molar-refractivity contribution in [3.05, 3.63) is 11.6 Å². The predicted octanol–water partition coefficient (Wildman–Crippen LogP) is 10.1. The minimum Gasteiger partial charge on any atom is -0.378 e. The van der Waals surface area contributed by atoms with Crippen LogP contribution in [-0.2, 0) is 19.0 Å². The highest BCUT2D eigenvalue weighted by atomic mass is 32.2. The predicted molar refractivity (Wildman–Crippen MR) is 176 cm³/mol. The highest BCUT2D eigenvalue weighted by Crippen LogP contribution is 2.67. The van der Waals surface area contributed by atoms with Gasteiger partial charge in [0.25, 0.3) is 10.1 Å². The zero-order valence-corrected chi connectivity index (χ0v) is 29.1. The molecule has 0 amide bonds. The molecule has 5 heteroatoms. The molecular formula is C37H66O4S. The Morgan fingerprint density at radius 1 is 0.833 bits per heavy atom. The van der Waals surface area contributed by atoms with Crippen LogP contribution in [0.3, 0.4) is 0 Å². The van der Waals surface area contributed by atoms with E-state index in [9.17, 15) is 8.42 Å². The Balaban J connectivity index is 1.17. The molecule has 0 aromatic carbocycles. The van der Waals surface area contributed by atoms with Gasteiger partial charge in [-0.15, -0.1) is 0 Å². The maximum absolute atomic E-state index is 11.0. The van der Waals surface area contributed by atoms with Gasteiger partial charge >= 0.3 is 0 Å². The van der Waals surface area contributed by atoms with E-state index in [1.165, 1.54) is 89.9 Å². The fraction of sp³-hybridized carbons (Fsp3) is 0.946. The quantitative estimate of drug-likeness (QED) is 0.0939. The van der Waals surface area contributed by atoms with E-state index in [0.29, 0.717) is 23.5 Å². The first-order chi connectivity index (χ1) is 19.9. The Kier molecular flexibility index (Phi) is 12.5. The molecule has 0 radical (unpaired) electrons. The number of hydrogen-bond donors (Lipinski definition) is 0. The number of unbranched alkanes of at least 4 members (excludes halogenated alkanes) is 6. The van der Waals surface area contributed by atoms with Gasteiger partial charge in [0.15, 0.2) is 0 Å². The molecule has 3 saturated carbocycles. The average Bonchev–Trinajstić information content (AvgIpc) is 3.28. The van der Waals surface area contributed by atoms with Crippen molar-refractivity contribution < 1.29 is 17.3 Å². The van der Waals surface area contributed by atoms with Crippen LogP contribution in [0.15, 0.2) is 11.6 Å². The molecule has 3 fully saturated rings. The lowest BCUT2D eigenvalue weighted by Crippen LogP contribution is -2.51. The third-order valence-corrected chi connectivity index (χ3v) is 13.3. The van der Waals surface area contributed by atoms with Crippen LogP contribution >= 0.6 is 0 Å². The van der Waals surface area contributed by atoms with Crippen LogP contribution in [0.5, 0.6) is 0 Å². The second-order valence-corrected chi connectivity index (χ2v) is 17.7. The number of rotatable bonds is 17. The zero-order chi connectivity index (χ0) is 30.4. The fourth-order valence-electron chi connectivity index (χ4n) is 10.3. The van der Waals surface area contributed by atoms with E-state index in [4.69, 9.17) is 8.92 Å². The lowest BCUT2D eigenvalue weighted by atomic mass is 9.47. The van der Waals surface area contributed by atoms with Crippen molar-refractivity contribution >= 4 is 10.1 Å². The van der Waals surface area contributed by atoms with E-state index in [0.717, 1.165) is 74.1 Å². The van der Waals surface area contributed by atoms with Crippen molar-refractivity contribution in [1.29, 1.82) is 0 Å². The molecule has 0 bridgehead atoms. The molecule has 0 aromatic rings. The second kappa shape index (κ2) is 15.3. The topological polar surface area (TPSA) is 52.6 Å². The molecular weight excluding hydrogens is 540 g/mol. The van der Waals surface area contributed by atoms with Gasteiger partial charge in [0, 0.05) is 6.61 Å². The Labute approximate surface area is 260 Å². The summed E-state index contributed by atoms with van der Waals surface area (Å²) in [6.45, 7) is 13.9. The first kappa shape index (κ1) is 34.5. The summed E-state index contributed by atoms with van der Waals surface area (Å²) in [4.78, 5) is 0. The minimum atomic E-state index is -3.29. The first-order valence-electron chi connectivity index (χ1n) is 18.1. The smallest absolute Gasteiger partial charge is 0.264 e. The van der Waals surface area contributed by atoms with Crippen molar-refractivity contribution in [3.63, 3.8) is 0 Å². The molecule has 244 valence electrons. The summed E-state index contributed by atoms with van der Waals surface area (Å²) < 4.78 is 33.3. The molecule has 42 heavy (non-hydrogen) atoms. The van der Waals surface area contributed by atoms with E-state index < -0.39 is 10.1 Å². The Bertz CT molecular complexity index is 972. The van der Waals surface area contributed by atoms with Crippen molar-refractivity contribution in [2.24, 2.45) is 46.3 Å². The summed E-state index contributed by atoms with van der Waals surface area (Å²) in [7, 11) is -3.29. The summed E-state index contributed by atoms with van der Waals surface area (Å²) >= 11 is 0. The molecule has 0 heterocycles. The van der Waals surface area contributed by atoms with Crippen LogP contribution < -0.4 is 0 Å². The summed E-state index contributed by atoms with van der Waals surface area (Å²) in [6.07, 6.45) is 27.3. The average molecular weight is 607 g/mol. The number of ether oxygens (including phenoxy) is 1. The van der Waals surface area contributed by atoms with E-state index in [1.54, 1.807) is 5.57 Å². The second-order valence-electron chi connectivity index (χ2n) is 16.0. The Morgan fingerprint density at radius 2 is 1.52 bits per heavy atom. The molecule has 8 atom stereocenters. The van der Waals surface area contributed by atoms with Crippen molar-refractivity contribution in [3.8, 4) is 0 Å². The van der Waals surface area contributed by atoms with Crippen LogP contribution in [-0.4, -0.2) is 34.0 Å². The monoisotopic (exact) mass is 606 g/mol. The van der Waals surface area contributed by atoms with Crippen molar-refractivity contribution in [2.45, 2.75) is 156 Å². The van der Waals surface area contributed by atoms with Gasteiger partial charge in [-0.05, 0) is 111 Å². The lowest BCUT2D eigenvalue weighted by Gasteiger charge is -2.58. The van der Waals surface area contributed by atoms with Crippen LogP contribution in [0, 0.1) is 46.3 Å². The first-order valence-corrected chi connectivity index (χ1v) is 19.9. The van der Waals surface area contributed by atoms with Crippen LogP contribution in [0.2, 0.25) is 0 Å². The molecule has 0 aliphatic heterocycles. The number of hydrogen-bond acceptors (Lipinski definition) is 4. The molecule has 4 aliphatic carbocycles. The Morgan fingerprint density at radius 3 is 2.21 bits per heavy atom. The summed E-state index contributed by atoms with van der Waals surface area (Å²) in [5.41, 5.74) is 2.74. The summed E-state index contributed by atoms with van der Waals surface area (Å²) in [6, 6.07) is 0. The van der Waals surface area contributed by atoms with E-state index in [1.807, 2.05) is 0 Å². The molecule has 0 saturated heterocycles. The summed E-state index contributed by atoms with van der Waals surface area (Å²) in [5.74, 6) is 5.42. The summed E-state index contributed by atoms with van der Waals surface area (Å²) in [5, 5.41) is 0. The lowest BCUT2D eigenvalue weighted by molar-refractivity contribution is -0.0641. The molecule has 4 rings (SSSR count). The zero-order valence-electron chi connectivity index (χ0n) is 28.3. The maximum Gasteiger partial charge on any atom is 0.264 e. The van der Waals surface area contributed by atoms with E-state index in [-0.39, 0.29) is 0 Å². The van der Waals surface area contributed by atoms with Crippen LogP contribution in [0.1, 0.15) is 150 Å². The van der Waals surface area contributed by atoms with Gasteiger partial charge in [-0.25, -0.2) is 0 Å². The van der Waals surface area contributed by atoms with E-state index >= 15 is 0 Å². The van der Waals surface area contributed by atoms with Crippen molar-refractivity contribution in [1.82, 2.24) is 0 Å². The standard InChI is InChI=1S/C37H66O4S/c1-28(2)15-14-16-29(3)33-19-20-34-32-18-17-30-27-31(21-23-36(30,4)35(32)22-24-37(33,34)5)40-25-12-10-8-7-9-11-13-26-41-42(6,38)39/h17,28-29,31-35H,7-16,18-27H2,1-6H3/t29-,31+,32?,33-,34?,35?,36+,37-/m1/s1. The van der Waals surface area contributed by atoms with Gasteiger partial charge in [-0.1, -0.05) is 97.6 Å². The van der Waals surface area contributed by atoms with Gasteiger partial charge in [-0.2, -0.15) is 8.42 Å². The molecule has 3 unspecified atom stereocenters. The molecule has 0 aromatic heterocycles. The van der Waals surface area contributed by atoms with Gasteiger partial charge in [-0.3, -0.25) is 4.18 Å². The van der Waals surface area contributed by atoms with Gasteiger partial charge in [0.05, 0.1) is 19.0 Å². The third kappa shape index (κ3) is 8.65. The number of allylic oxidation sites excluding steroid dienone is 1. The highest BCUT2D eigenvalue weighted by Gasteiger charge is 2.59. The largest absolute Gasteiger partial charge is 0.378 e. The van der Waals surface area contributed by atoms with Gasteiger partial charge < -0.3 is 4.74 Å². The molecule has 0 N–H and O–H groups in total. The Hall–Kier alpha value is -0.390. The van der Waals surface area contributed by atoms with Crippen molar-refractivity contribution in [2.75, 3.05) is 19.5 Å². The fourth-order valence-corrected chi connectivity index (χ4v) is 10.8. The molecule has 0 spiro atoms. The van der Waals surface area contributed by atoms with Crippen LogP contribution in [0.4, 0.5) is 0 Å². The SMILES string of the molecule is CC(C)CCC[C@@H](C)[C@H]1CCC2C3CC=C4C[C@@H](OCCCCCCCCCOS(C)(=O)=O)CC[C@]4(C)C3CC[C@@]21C. The molecule has 4 aliphatic rings. The van der Waals surface area contributed by atoms with E-state index in [2.05, 4.69) is 40.7 Å². The molecule has 4 nitrogen and oxygen atoms in total. The minimum absolute atomic E-state index is 0.323. The normalized spacial score (nSPS) is 35.4. The van der Waals surface area contributed by atoms with Gasteiger partial charge in [0.1, 0.15) is 0 Å². The number of fused-ring (bicyclic) bond motifs is 5. The maximum atomic E-state index is 11.0. The third-order valence-electron chi connectivity index (χ3n) is 12.7. The van der Waals surface area contributed by atoms with Gasteiger partial charge in [0.2, 0.25) is 0 Å².